The molecule has 2 aromatic heterocycles. The normalized spacial score (nSPS) is 9.61. The summed E-state index contributed by atoms with van der Waals surface area (Å²) in [5.74, 6) is -0.0618. The number of aromatic nitrogens is 2. The maximum atomic E-state index is 12.9. The van der Waals surface area contributed by atoms with E-state index in [1.807, 2.05) is 83.8 Å². The zero-order chi connectivity index (χ0) is 27.0. The van der Waals surface area contributed by atoms with Crippen molar-refractivity contribution in [2.45, 2.75) is 13.1 Å². The second-order valence-electron chi connectivity index (χ2n) is 7.31. The van der Waals surface area contributed by atoms with Crippen molar-refractivity contribution in [2.24, 2.45) is 0 Å². The Morgan fingerprint density at radius 2 is 1.21 bits per heavy atom. The van der Waals surface area contributed by atoms with Crippen molar-refractivity contribution in [3.8, 4) is 0 Å². The van der Waals surface area contributed by atoms with E-state index in [1.165, 1.54) is 0 Å². The number of hydrogen-bond acceptors (Lipinski definition) is 10. The first-order valence-corrected chi connectivity index (χ1v) is 10.7. The average molecular weight is 572 g/mol. The zero-order valence-electron chi connectivity index (χ0n) is 20.1. The van der Waals surface area contributed by atoms with Gasteiger partial charge >= 0.3 is 19.5 Å². The Bertz CT molecular complexity index is 1230. The summed E-state index contributed by atoms with van der Waals surface area (Å²) in [6.45, 7) is 1.39. The van der Waals surface area contributed by atoms with Gasteiger partial charge in [0, 0.05) is 36.6 Å². The fourth-order valence-corrected chi connectivity index (χ4v) is 3.34. The summed E-state index contributed by atoms with van der Waals surface area (Å²) in [5.41, 5.74) is 2.66. The SMILES string of the molecule is O=C(CN(Cc1ccccn1)Cc1ccccn1)Nc1cccc2ccccc12.O=[N+]([O-])[O-].O=[N+]([O-])[O-].[Zn+2]. The van der Waals surface area contributed by atoms with E-state index in [1.54, 1.807) is 12.4 Å². The molecule has 0 radical (unpaired) electrons. The van der Waals surface area contributed by atoms with Crippen LogP contribution in [0.15, 0.2) is 91.3 Å². The van der Waals surface area contributed by atoms with Crippen molar-refractivity contribution in [1.82, 2.24) is 14.9 Å². The Balaban J connectivity index is 0.000000709. The van der Waals surface area contributed by atoms with Gasteiger partial charge in [-0.15, -0.1) is 0 Å². The van der Waals surface area contributed by atoms with Gasteiger partial charge in [-0.3, -0.25) is 19.7 Å². The molecule has 1 N–H and O–H groups in total. The number of anilines is 1. The van der Waals surface area contributed by atoms with E-state index in [-0.39, 0.29) is 31.9 Å². The van der Waals surface area contributed by atoms with Gasteiger partial charge in [-0.25, -0.2) is 0 Å². The number of rotatable bonds is 7. The molecule has 0 atom stereocenters. The number of pyridine rings is 2. The Hall–Kier alpha value is -4.55. The van der Waals surface area contributed by atoms with E-state index in [2.05, 4.69) is 15.3 Å². The van der Waals surface area contributed by atoms with Crippen LogP contribution < -0.4 is 5.32 Å². The van der Waals surface area contributed by atoms with Crippen molar-refractivity contribution in [1.29, 1.82) is 0 Å². The van der Waals surface area contributed by atoms with Crippen LogP contribution in [0.5, 0.6) is 0 Å². The Morgan fingerprint density at radius 3 is 1.71 bits per heavy atom. The predicted octanol–water partition coefficient (Wildman–Crippen LogP) is 3.79. The standard InChI is InChI=1S/C24H22N4O.2NO3.Zn/c29-24(27-23-13-7-9-19-8-1-2-12-22(19)23)18-28(16-20-10-3-5-14-25-20)17-21-11-4-6-15-26-21;2*2-1(3)4;/h1-15H,16-18H2,(H,27,29);;;/q;2*-1;+2. The van der Waals surface area contributed by atoms with Gasteiger partial charge in [0.2, 0.25) is 5.91 Å². The fourth-order valence-electron chi connectivity index (χ4n) is 3.34. The molecule has 192 valence electrons. The number of fused-ring (bicyclic) bond motifs is 1. The van der Waals surface area contributed by atoms with Crippen LogP contribution in [-0.2, 0) is 37.4 Å². The van der Waals surface area contributed by atoms with Crippen molar-refractivity contribution >= 4 is 22.4 Å². The first kappa shape index (κ1) is 31.5. The molecule has 0 aliphatic carbocycles. The zero-order valence-corrected chi connectivity index (χ0v) is 23.0. The van der Waals surface area contributed by atoms with Crippen LogP contribution in [0.1, 0.15) is 11.4 Å². The number of carbonyl (C=O) groups is 1. The van der Waals surface area contributed by atoms with Gasteiger partial charge in [-0.1, -0.05) is 48.5 Å². The van der Waals surface area contributed by atoms with Crippen LogP contribution >= 0.6 is 0 Å². The molecule has 0 fully saturated rings. The maximum Gasteiger partial charge on any atom is 2.00 e. The topological polar surface area (TPSA) is 191 Å². The smallest absolute Gasteiger partial charge is 0.356 e. The van der Waals surface area contributed by atoms with Gasteiger partial charge in [0.25, 0.3) is 0 Å². The van der Waals surface area contributed by atoms with Gasteiger partial charge in [0.15, 0.2) is 0 Å². The molecule has 0 unspecified atom stereocenters. The molecule has 13 nitrogen and oxygen atoms in total. The Morgan fingerprint density at radius 1 is 0.737 bits per heavy atom. The summed E-state index contributed by atoms with van der Waals surface area (Å²) >= 11 is 0. The third kappa shape index (κ3) is 12.4. The first-order chi connectivity index (χ1) is 17.7. The number of amides is 1. The van der Waals surface area contributed by atoms with Crippen LogP contribution in [-0.4, -0.2) is 37.5 Å². The van der Waals surface area contributed by atoms with Gasteiger partial charge in [0.1, 0.15) is 0 Å². The Labute approximate surface area is 229 Å². The van der Waals surface area contributed by atoms with Gasteiger partial charge in [0.05, 0.1) is 28.1 Å². The molecule has 1 amide bonds. The second-order valence-corrected chi connectivity index (χ2v) is 7.31. The fraction of sp³-hybridized carbons (Fsp3) is 0.125. The molecule has 0 saturated heterocycles. The molecule has 0 bridgehead atoms. The maximum absolute atomic E-state index is 12.9. The van der Waals surface area contributed by atoms with Gasteiger partial charge in [-0.05, 0) is 35.7 Å². The number of benzene rings is 2. The van der Waals surface area contributed by atoms with Crippen LogP contribution in [0, 0.1) is 30.6 Å². The molecule has 0 saturated carbocycles. The Kier molecular flexibility index (Phi) is 14.1. The summed E-state index contributed by atoms with van der Waals surface area (Å²) in [6, 6.07) is 25.6. The summed E-state index contributed by atoms with van der Waals surface area (Å²) < 4.78 is 0. The van der Waals surface area contributed by atoms with Crippen LogP contribution in [0.3, 0.4) is 0 Å². The largest absolute Gasteiger partial charge is 2.00 e. The molecular formula is C24H22N6O7Zn. The average Bonchev–Trinajstić information content (AvgIpc) is 2.85. The molecule has 0 aliphatic rings. The molecule has 4 rings (SSSR count). The summed E-state index contributed by atoms with van der Waals surface area (Å²) in [4.78, 5) is 40.2. The first-order valence-electron chi connectivity index (χ1n) is 10.7. The molecule has 4 aromatic rings. The van der Waals surface area contributed by atoms with Crippen LogP contribution in [0.4, 0.5) is 5.69 Å². The van der Waals surface area contributed by atoms with E-state index in [0.29, 0.717) is 13.1 Å². The summed E-state index contributed by atoms with van der Waals surface area (Å²) in [6.07, 6.45) is 3.54. The van der Waals surface area contributed by atoms with Crippen molar-refractivity contribution in [3.05, 3.63) is 133 Å². The van der Waals surface area contributed by atoms with Crippen molar-refractivity contribution in [3.63, 3.8) is 0 Å². The van der Waals surface area contributed by atoms with E-state index in [9.17, 15) is 4.79 Å². The minimum Gasteiger partial charge on any atom is -0.356 e. The number of carbonyl (C=O) groups excluding carboxylic acids is 1. The third-order valence-corrected chi connectivity index (χ3v) is 4.65. The van der Waals surface area contributed by atoms with E-state index < -0.39 is 10.2 Å². The summed E-state index contributed by atoms with van der Waals surface area (Å²) in [7, 11) is 0. The molecular weight excluding hydrogens is 550 g/mol. The van der Waals surface area contributed by atoms with Gasteiger partial charge < -0.3 is 36.0 Å². The molecule has 38 heavy (non-hydrogen) atoms. The van der Waals surface area contributed by atoms with Crippen LogP contribution in [0.25, 0.3) is 10.8 Å². The van der Waals surface area contributed by atoms with E-state index >= 15 is 0 Å². The second kappa shape index (κ2) is 17.0. The number of nitrogens with one attached hydrogen (secondary N) is 1. The predicted molar refractivity (Wildman–Crippen MR) is 136 cm³/mol. The van der Waals surface area contributed by atoms with E-state index in [4.69, 9.17) is 30.6 Å². The number of nitrogens with zero attached hydrogens (tertiary/aromatic N) is 5. The molecule has 2 heterocycles. The summed E-state index contributed by atoms with van der Waals surface area (Å²) in [5, 5.41) is 34.7. The van der Waals surface area contributed by atoms with Gasteiger partial charge in [-0.2, -0.15) is 0 Å². The quantitative estimate of drug-likeness (QED) is 0.194. The monoisotopic (exact) mass is 570 g/mol. The van der Waals surface area contributed by atoms with Crippen molar-refractivity contribution in [2.75, 3.05) is 11.9 Å². The molecule has 0 aliphatic heterocycles. The molecule has 14 heteroatoms. The number of hydrogen-bond donors (Lipinski definition) is 1. The minimum absolute atomic E-state index is 0. The molecule has 2 aromatic carbocycles. The van der Waals surface area contributed by atoms with E-state index in [0.717, 1.165) is 27.8 Å². The van der Waals surface area contributed by atoms with Crippen molar-refractivity contribution < 1.29 is 34.4 Å². The third-order valence-electron chi connectivity index (χ3n) is 4.65. The molecule has 0 spiro atoms. The minimum atomic E-state index is -1.75. The van der Waals surface area contributed by atoms with Crippen LogP contribution in [0.2, 0.25) is 0 Å².